The van der Waals surface area contributed by atoms with Crippen molar-refractivity contribution in [2.45, 2.75) is 18.8 Å². The summed E-state index contributed by atoms with van der Waals surface area (Å²) in [5, 5.41) is 4.26. The predicted molar refractivity (Wildman–Crippen MR) is 63.6 cm³/mol. The second-order valence-electron chi connectivity index (χ2n) is 4.28. The van der Waals surface area contributed by atoms with Gasteiger partial charge in [-0.25, -0.2) is 4.52 Å². The molecule has 0 aromatic carbocycles. The highest BCUT2D eigenvalue weighted by Crippen LogP contribution is 2.42. The van der Waals surface area contributed by atoms with E-state index in [1.54, 1.807) is 16.8 Å². The van der Waals surface area contributed by atoms with Crippen molar-refractivity contribution in [3.8, 4) is 12.3 Å². The molecule has 0 bridgehead atoms. The molecule has 17 heavy (non-hydrogen) atoms. The van der Waals surface area contributed by atoms with Crippen LogP contribution in [0.1, 0.15) is 40.2 Å². The fourth-order valence-corrected chi connectivity index (χ4v) is 2.15. The summed E-state index contributed by atoms with van der Waals surface area (Å²) in [6, 6.07) is 1.62. The Labute approximate surface area is 98.4 Å². The van der Waals surface area contributed by atoms with Crippen molar-refractivity contribution < 1.29 is 4.79 Å². The van der Waals surface area contributed by atoms with E-state index in [-0.39, 0.29) is 0 Å². The fourth-order valence-electron chi connectivity index (χ4n) is 2.15. The van der Waals surface area contributed by atoms with Crippen LogP contribution in [0.3, 0.4) is 0 Å². The molecular formula is C13H11N3O. The van der Waals surface area contributed by atoms with Crippen molar-refractivity contribution in [2.75, 3.05) is 0 Å². The molecule has 84 valence electrons. The largest absolute Gasteiger partial charge is 0.366 e. The maximum atomic E-state index is 11.3. The molecule has 1 aliphatic carbocycles. The number of carbonyl (C=O) groups excluding carboxylic acids is 1. The molecule has 1 saturated carbocycles. The van der Waals surface area contributed by atoms with Crippen LogP contribution >= 0.6 is 0 Å². The van der Waals surface area contributed by atoms with E-state index in [4.69, 9.17) is 12.2 Å². The molecule has 2 aromatic rings. The zero-order valence-electron chi connectivity index (χ0n) is 9.18. The van der Waals surface area contributed by atoms with E-state index in [2.05, 4.69) is 11.0 Å². The molecule has 0 aliphatic heterocycles. The van der Waals surface area contributed by atoms with Crippen molar-refractivity contribution in [1.82, 2.24) is 9.61 Å². The number of fused-ring (bicyclic) bond motifs is 1. The summed E-state index contributed by atoms with van der Waals surface area (Å²) >= 11 is 0. The maximum Gasteiger partial charge on any atom is 0.250 e. The van der Waals surface area contributed by atoms with Crippen LogP contribution < -0.4 is 5.73 Å². The van der Waals surface area contributed by atoms with Gasteiger partial charge in [0.1, 0.15) is 0 Å². The monoisotopic (exact) mass is 225 g/mol. The summed E-state index contributed by atoms with van der Waals surface area (Å²) in [5.41, 5.74) is 8.25. The average Bonchev–Trinajstić information content (AvgIpc) is 3.07. The number of nitrogens with zero attached hydrogens (tertiary/aromatic N) is 2. The summed E-state index contributed by atoms with van der Waals surface area (Å²) < 4.78 is 1.72. The predicted octanol–water partition coefficient (Wildman–Crippen LogP) is 1.29. The number of rotatable bonds is 2. The van der Waals surface area contributed by atoms with E-state index in [1.165, 1.54) is 0 Å². The summed E-state index contributed by atoms with van der Waals surface area (Å²) in [5.74, 6) is 2.60. The fraction of sp³-hybridized carbons (Fsp3) is 0.231. The van der Waals surface area contributed by atoms with Crippen LogP contribution in [0.4, 0.5) is 0 Å². The maximum absolute atomic E-state index is 11.3. The van der Waals surface area contributed by atoms with Crippen molar-refractivity contribution in [3.05, 3.63) is 35.2 Å². The normalized spacial score (nSPS) is 14.8. The Bertz CT molecular complexity index is 659. The number of pyridine rings is 1. The van der Waals surface area contributed by atoms with Crippen molar-refractivity contribution >= 4 is 11.4 Å². The second kappa shape index (κ2) is 3.36. The standard InChI is InChI=1S/C13H11N3O/c1-2-9-10(13(14)17)5-6-16-12(9)11(7-15-16)8-3-4-8/h1,5-8H,3-4H2,(H2,14,17). The molecule has 1 amide bonds. The molecular weight excluding hydrogens is 214 g/mol. The summed E-state index contributed by atoms with van der Waals surface area (Å²) in [7, 11) is 0. The van der Waals surface area contributed by atoms with Gasteiger partial charge in [0.2, 0.25) is 5.91 Å². The second-order valence-corrected chi connectivity index (χ2v) is 4.28. The number of nitrogens with two attached hydrogens (primary N) is 1. The molecule has 2 heterocycles. The lowest BCUT2D eigenvalue weighted by Crippen LogP contribution is -2.14. The van der Waals surface area contributed by atoms with E-state index >= 15 is 0 Å². The van der Waals surface area contributed by atoms with Gasteiger partial charge in [0.25, 0.3) is 0 Å². The highest BCUT2D eigenvalue weighted by molar-refractivity contribution is 5.98. The Hall–Kier alpha value is -2.28. The van der Waals surface area contributed by atoms with Crippen LogP contribution in [0.25, 0.3) is 5.52 Å². The van der Waals surface area contributed by atoms with Gasteiger partial charge in [0, 0.05) is 11.8 Å². The molecule has 2 N–H and O–H groups in total. The summed E-state index contributed by atoms with van der Waals surface area (Å²) in [6.07, 6.45) is 11.4. The molecule has 1 fully saturated rings. The Balaban J connectivity index is 2.37. The van der Waals surface area contributed by atoms with E-state index in [0.717, 1.165) is 23.9 Å². The van der Waals surface area contributed by atoms with Crippen LogP contribution in [0.15, 0.2) is 18.5 Å². The number of primary amides is 1. The molecule has 0 unspecified atom stereocenters. The van der Waals surface area contributed by atoms with Gasteiger partial charge >= 0.3 is 0 Å². The van der Waals surface area contributed by atoms with E-state index in [0.29, 0.717) is 17.0 Å². The molecule has 4 nitrogen and oxygen atoms in total. The number of amides is 1. The summed E-state index contributed by atoms with van der Waals surface area (Å²) in [4.78, 5) is 11.3. The molecule has 4 heteroatoms. The van der Waals surface area contributed by atoms with Crippen LogP contribution in [0, 0.1) is 12.3 Å². The quantitative estimate of drug-likeness (QED) is 0.783. The van der Waals surface area contributed by atoms with E-state index in [1.807, 2.05) is 6.20 Å². The number of hydrogen-bond donors (Lipinski definition) is 1. The molecule has 0 saturated heterocycles. The van der Waals surface area contributed by atoms with Crippen LogP contribution in [0.2, 0.25) is 0 Å². The highest BCUT2D eigenvalue weighted by atomic mass is 16.1. The van der Waals surface area contributed by atoms with Gasteiger partial charge in [0.05, 0.1) is 22.8 Å². The first-order valence-corrected chi connectivity index (χ1v) is 5.49. The van der Waals surface area contributed by atoms with Crippen LogP contribution in [-0.4, -0.2) is 15.5 Å². The lowest BCUT2D eigenvalue weighted by molar-refractivity contribution is 0.1000. The zero-order valence-corrected chi connectivity index (χ0v) is 9.18. The molecule has 1 aliphatic rings. The SMILES string of the molecule is C#Cc1c(C(N)=O)ccn2ncc(C3CC3)c12. The lowest BCUT2D eigenvalue weighted by Gasteiger charge is -2.04. The lowest BCUT2D eigenvalue weighted by atomic mass is 10.0. The first kappa shape index (κ1) is 9.91. The molecule has 0 spiro atoms. The summed E-state index contributed by atoms with van der Waals surface area (Å²) in [6.45, 7) is 0. The van der Waals surface area contributed by atoms with Crippen molar-refractivity contribution in [2.24, 2.45) is 5.73 Å². The molecule has 0 radical (unpaired) electrons. The van der Waals surface area contributed by atoms with Crippen LogP contribution in [-0.2, 0) is 0 Å². The van der Waals surface area contributed by atoms with Gasteiger partial charge in [0.15, 0.2) is 0 Å². The Morgan fingerprint density at radius 1 is 1.59 bits per heavy atom. The third-order valence-electron chi connectivity index (χ3n) is 3.14. The van der Waals surface area contributed by atoms with Crippen molar-refractivity contribution in [1.29, 1.82) is 0 Å². The van der Waals surface area contributed by atoms with Gasteiger partial charge in [-0.3, -0.25) is 4.79 Å². The molecule has 3 rings (SSSR count). The zero-order chi connectivity index (χ0) is 12.0. The minimum Gasteiger partial charge on any atom is -0.366 e. The minimum atomic E-state index is -0.497. The van der Waals surface area contributed by atoms with Gasteiger partial charge < -0.3 is 5.73 Å². The van der Waals surface area contributed by atoms with Gasteiger partial charge in [-0.2, -0.15) is 5.10 Å². The van der Waals surface area contributed by atoms with Crippen molar-refractivity contribution in [3.63, 3.8) is 0 Å². The number of aromatic nitrogens is 2. The van der Waals surface area contributed by atoms with Gasteiger partial charge in [-0.05, 0) is 24.8 Å². The molecule has 0 atom stereocenters. The Morgan fingerprint density at radius 2 is 2.35 bits per heavy atom. The van der Waals surface area contributed by atoms with E-state index < -0.39 is 5.91 Å². The Morgan fingerprint density at radius 3 is 2.94 bits per heavy atom. The topological polar surface area (TPSA) is 60.4 Å². The van der Waals surface area contributed by atoms with Gasteiger partial charge in [-0.15, -0.1) is 6.42 Å². The number of hydrogen-bond acceptors (Lipinski definition) is 2. The first-order valence-electron chi connectivity index (χ1n) is 5.49. The minimum absolute atomic E-state index is 0.391. The van der Waals surface area contributed by atoms with Crippen LogP contribution in [0.5, 0.6) is 0 Å². The highest BCUT2D eigenvalue weighted by Gasteiger charge is 2.28. The third kappa shape index (κ3) is 1.40. The third-order valence-corrected chi connectivity index (χ3v) is 3.14. The Kier molecular flexibility index (Phi) is 1.96. The van der Waals surface area contributed by atoms with Gasteiger partial charge in [-0.1, -0.05) is 5.92 Å². The first-order chi connectivity index (χ1) is 8.22. The number of carbonyl (C=O) groups is 1. The van der Waals surface area contributed by atoms with E-state index in [9.17, 15) is 4.79 Å². The smallest absolute Gasteiger partial charge is 0.250 e. The number of terminal acetylenes is 1. The molecule has 2 aromatic heterocycles. The average molecular weight is 225 g/mol.